The third-order valence-corrected chi connectivity index (χ3v) is 4.61. The van der Waals surface area contributed by atoms with Gasteiger partial charge in [0.05, 0.1) is 12.2 Å². The van der Waals surface area contributed by atoms with Crippen LogP contribution in [0, 0.1) is 0 Å². The average Bonchev–Trinajstić information content (AvgIpc) is 3.08. The summed E-state index contributed by atoms with van der Waals surface area (Å²) in [5.41, 5.74) is 3.21. The quantitative estimate of drug-likeness (QED) is 0.634. The lowest BCUT2D eigenvalue weighted by Gasteiger charge is -2.26. The number of guanidine groups is 1. The van der Waals surface area contributed by atoms with Crippen LogP contribution in [-0.2, 0) is 24.9 Å². The number of aliphatic imine (C=N–C) groups is 1. The number of nitrogens with zero attached hydrogens (tertiary/aromatic N) is 4. The SMILES string of the molecule is CN=C(NCc1ccc(N2CCCCC2=O)cc1)NCc1ccnn1C. The van der Waals surface area contributed by atoms with Gasteiger partial charge in [-0.3, -0.25) is 14.5 Å². The van der Waals surface area contributed by atoms with Gasteiger partial charge < -0.3 is 15.5 Å². The Labute approximate surface area is 154 Å². The molecule has 0 atom stereocenters. The molecule has 2 aromatic rings. The van der Waals surface area contributed by atoms with Crippen LogP contribution in [0.25, 0.3) is 0 Å². The number of aromatic nitrogens is 2. The lowest BCUT2D eigenvalue weighted by molar-refractivity contribution is -0.119. The first-order valence-electron chi connectivity index (χ1n) is 8.98. The van der Waals surface area contributed by atoms with Crippen LogP contribution in [-0.4, -0.2) is 35.2 Å². The Bertz CT molecular complexity index is 765. The largest absolute Gasteiger partial charge is 0.352 e. The Morgan fingerprint density at radius 1 is 1.15 bits per heavy atom. The van der Waals surface area contributed by atoms with E-state index in [0.29, 0.717) is 19.5 Å². The van der Waals surface area contributed by atoms with Gasteiger partial charge in [0.2, 0.25) is 5.91 Å². The summed E-state index contributed by atoms with van der Waals surface area (Å²) in [6, 6.07) is 10.1. The van der Waals surface area contributed by atoms with Crippen LogP contribution < -0.4 is 15.5 Å². The molecule has 0 saturated carbocycles. The van der Waals surface area contributed by atoms with Crippen LogP contribution in [0.2, 0.25) is 0 Å². The van der Waals surface area contributed by atoms with E-state index in [1.165, 1.54) is 0 Å². The van der Waals surface area contributed by atoms with Crippen molar-refractivity contribution in [3.8, 4) is 0 Å². The molecule has 0 unspecified atom stereocenters. The Balaban J connectivity index is 1.52. The fraction of sp³-hybridized carbons (Fsp3) is 0.421. The standard InChI is InChI=1S/C19H26N6O/c1-20-19(22-14-17-10-11-23-24(17)2)21-13-15-6-8-16(9-7-15)25-12-4-3-5-18(25)26/h6-11H,3-5,12-14H2,1-2H3,(H2,20,21,22). The van der Waals surface area contributed by atoms with Gasteiger partial charge >= 0.3 is 0 Å². The minimum Gasteiger partial charge on any atom is -0.352 e. The third-order valence-electron chi connectivity index (χ3n) is 4.61. The molecular weight excluding hydrogens is 328 g/mol. The third kappa shape index (κ3) is 4.41. The van der Waals surface area contributed by atoms with E-state index in [0.717, 1.165) is 42.3 Å². The normalized spacial score (nSPS) is 15.2. The highest BCUT2D eigenvalue weighted by atomic mass is 16.2. The number of carbonyl (C=O) groups excluding carboxylic acids is 1. The summed E-state index contributed by atoms with van der Waals surface area (Å²) >= 11 is 0. The van der Waals surface area contributed by atoms with Crippen LogP contribution >= 0.6 is 0 Å². The van der Waals surface area contributed by atoms with Gasteiger partial charge in [-0.05, 0) is 36.6 Å². The maximum Gasteiger partial charge on any atom is 0.226 e. The van der Waals surface area contributed by atoms with Crippen LogP contribution in [0.1, 0.15) is 30.5 Å². The molecule has 2 heterocycles. The lowest BCUT2D eigenvalue weighted by atomic mass is 10.1. The summed E-state index contributed by atoms with van der Waals surface area (Å²) in [5.74, 6) is 0.961. The second-order valence-electron chi connectivity index (χ2n) is 6.39. The van der Waals surface area contributed by atoms with Gasteiger partial charge in [-0.15, -0.1) is 0 Å². The van der Waals surface area contributed by atoms with Crippen LogP contribution in [0.15, 0.2) is 41.5 Å². The van der Waals surface area contributed by atoms with E-state index >= 15 is 0 Å². The summed E-state index contributed by atoms with van der Waals surface area (Å²) in [7, 11) is 3.67. The highest BCUT2D eigenvalue weighted by Crippen LogP contribution is 2.21. The predicted molar refractivity (Wildman–Crippen MR) is 103 cm³/mol. The van der Waals surface area contributed by atoms with E-state index in [-0.39, 0.29) is 5.91 Å². The van der Waals surface area contributed by atoms with Crippen molar-refractivity contribution < 1.29 is 4.79 Å². The Hall–Kier alpha value is -2.83. The van der Waals surface area contributed by atoms with Crippen molar-refractivity contribution in [3.63, 3.8) is 0 Å². The minimum atomic E-state index is 0.224. The van der Waals surface area contributed by atoms with Crippen LogP contribution in [0.4, 0.5) is 5.69 Å². The van der Waals surface area contributed by atoms with Crippen molar-refractivity contribution in [2.24, 2.45) is 12.0 Å². The van der Waals surface area contributed by atoms with Gasteiger partial charge in [0.15, 0.2) is 5.96 Å². The Kier molecular flexibility index (Phi) is 5.88. The monoisotopic (exact) mass is 354 g/mol. The first kappa shape index (κ1) is 18.0. The first-order chi connectivity index (χ1) is 12.7. The van der Waals surface area contributed by atoms with E-state index in [2.05, 4.69) is 32.9 Å². The predicted octanol–water partition coefficient (Wildman–Crippen LogP) is 1.80. The summed E-state index contributed by atoms with van der Waals surface area (Å²) in [4.78, 5) is 18.1. The number of anilines is 1. The molecule has 1 saturated heterocycles. The maximum absolute atomic E-state index is 12.0. The minimum absolute atomic E-state index is 0.224. The number of aryl methyl sites for hydroxylation is 1. The molecule has 0 bridgehead atoms. The van der Waals surface area contributed by atoms with Gasteiger partial charge in [0, 0.05) is 45.5 Å². The summed E-state index contributed by atoms with van der Waals surface area (Å²) in [6.07, 6.45) is 4.51. The molecule has 1 aliphatic rings. The second kappa shape index (κ2) is 8.51. The van der Waals surface area contributed by atoms with Crippen LogP contribution in [0.3, 0.4) is 0 Å². The van der Waals surface area contributed by atoms with Crippen molar-refractivity contribution in [1.82, 2.24) is 20.4 Å². The topological polar surface area (TPSA) is 74.6 Å². The van der Waals surface area contributed by atoms with E-state index in [1.807, 2.05) is 34.8 Å². The highest BCUT2D eigenvalue weighted by Gasteiger charge is 2.19. The zero-order valence-electron chi connectivity index (χ0n) is 15.4. The number of rotatable bonds is 5. The molecular formula is C19H26N6O. The maximum atomic E-state index is 12.0. The number of amides is 1. The molecule has 0 spiro atoms. The Morgan fingerprint density at radius 3 is 2.58 bits per heavy atom. The van der Waals surface area contributed by atoms with Crippen LogP contribution in [0.5, 0.6) is 0 Å². The van der Waals surface area contributed by atoms with Gasteiger partial charge in [0.1, 0.15) is 0 Å². The lowest BCUT2D eigenvalue weighted by Crippen LogP contribution is -2.37. The molecule has 1 fully saturated rings. The van der Waals surface area contributed by atoms with E-state index < -0.39 is 0 Å². The number of piperidine rings is 1. The first-order valence-corrected chi connectivity index (χ1v) is 8.98. The van der Waals surface area contributed by atoms with Gasteiger partial charge in [0.25, 0.3) is 0 Å². The molecule has 1 aromatic heterocycles. The molecule has 26 heavy (non-hydrogen) atoms. The number of hydrogen-bond acceptors (Lipinski definition) is 3. The summed E-state index contributed by atoms with van der Waals surface area (Å²) in [6.45, 7) is 2.15. The molecule has 7 nitrogen and oxygen atoms in total. The van der Waals surface area contributed by atoms with E-state index in [9.17, 15) is 4.79 Å². The molecule has 2 N–H and O–H groups in total. The number of nitrogens with one attached hydrogen (secondary N) is 2. The molecule has 1 amide bonds. The summed E-state index contributed by atoms with van der Waals surface area (Å²) < 4.78 is 1.83. The zero-order valence-corrected chi connectivity index (χ0v) is 15.4. The van der Waals surface area contributed by atoms with Crippen molar-refractivity contribution in [2.45, 2.75) is 32.4 Å². The van der Waals surface area contributed by atoms with E-state index in [4.69, 9.17) is 0 Å². The number of carbonyl (C=O) groups is 1. The molecule has 0 radical (unpaired) electrons. The van der Waals surface area contributed by atoms with Crippen molar-refractivity contribution in [3.05, 3.63) is 47.8 Å². The van der Waals surface area contributed by atoms with Crippen molar-refractivity contribution >= 4 is 17.6 Å². The smallest absolute Gasteiger partial charge is 0.226 e. The highest BCUT2D eigenvalue weighted by molar-refractivity contribution is 5.93. The molecule has 7 heteroatoms. The number of benzene rings is 1. The van der Waals surface area contributed by atoms with Crippen molar-refractivity contribution in [1.29, 1.82) is 0 Å². The number of hydrogen-bond donors (Lipinski definition) is 2. The second-order valence-corrected chi connectivity index (χ2v) is 6.39. The molecule has 1 aromatic carbocycles. The van der Waals surface area contributed by atoms with Gasteiger partial charge in [-0.2, -0.15) is 5.10 Å². The molecule has 138 valence electrons. The molecule has 3 rings (SSSR count). The summed E-state index contributed by atoms with van der Waals surface area (Å²) in [5, 5.41) is 10.7. The van der Waals surface area contributed by atoms with E-state index in [1.54, 1.807) is 13.2 Å². The fourth-order valence-electron chi connectivity index (χ4n) is 3.03. The Morgan fingerprint density at radius 2 is 1.92 bits per heavy atom. The fourth-order valence-corrected chi connectivity index (χ4v) is 3.03. The zero-order chi connectivity index (χ0) is 18.4. The van der Waals surface area contributed by atoms with Gasteiger partial charge in [-0.1, -0.05) is 12.1 Å². The van der Waals surface area contributed by atoms with Gasteiger partial charge in [-0.25, -0.2) is 0 Å². The molecule has 0 aliphatic carbocycles. The molecule has 1 aliphatic heterocycles. The van der Waals surface area contributed by atoms with Crippen molar-refractivity contribution in [2.75, 3.05) is 18.5 Å². The average molecular weight is 354 g/mol.